The number of hydrogen-bond donors (Lipinski definition) is 2. The Labute approximate surface area is 248 Å². The normalized spacial score (nSPS) is 14.4. The van der Waals surface area contributed by atoms with Gasteiger partial charge in [0.25, 0.3) is 5.91 Å². The number of thioether (sulfide) groups is 1. The Hall–Kier alpha value is -4.35. The highest BCUT2D eigenvalue weighted by molar-refractivity contribution is 7.99. The zero-order chi connectivity index (χ0) is 29.3. The third-order valence-corrected chi connectivity index (χ3v) is 7.63. The van der Waals surface area contributed by atoms with Gasteiger partial charge < -0.3 is 24.8 Å². The molecule has 1 unspecified atom stereocenters. The molecule has 0 bridgehead atoms. The van der Waals surface area contributed by atoms with Gasteiger partial charge in [0, 0.05) is 29.1 Å². The molecule has 0 saturated carbocycles. The Bertz CT molecular complexity index is 1480. The fraction of sp³-hybridized carbons (Fsp3) is 0.290. The molecule has 5 rings (SSSR count). The minimum absolute atomic E-state index is 0.0799. The van der Waals surface area contributed by atoms with Gasteiger partial charge in [-0.25, -0.2) is 0 Å². The molecule has 1 saturated heterocycles. The summed E-state index contributed by atoms with van der Waals surface area (Å²) in [5.41, 5.74) is 2.65. The average Bonchev–Trinajstić information content (AvgIpc) is 3.68. The van der Waals surface area contributed by atoms with Gasteiger partial charge in [0.15, 0.2) is 11.0 Å². The van der Waals surface area contributed by atoms with Gasteiger partial charge in [0.05, 0.1) is 32.1 Å². The van der Waals surface area contributed by atoms with Crippen molar-refractivity contribution in [2.45, 2.75) is 37.6 Å². The van der Waals surface area contributed by atoms with E-state index in [4.69, 9.17) is 14.2 Å². The van der Waals surface area contributed by atoms with Gasteiger partial charge in [-0.1, -0.05) is 11.8 Å². The maximum atomic E-state index is 12.8. The van der Waals surface area contributed by atoms with Crippen LogP contribution in [0.5, 0.6) is 11.5 Å². The number of amides is 2. The minimum Gasteiger partial charge on any atom is -0.497 e. The molecule has 0 aliphatic carbocycles. The number of methoxy groups -OCH3 is 1. The predicted octanol–water partition coefficient (Wildman–Crippen LogP) is 5.51. The standard InChI is InChI=1S/C31H33N5O5S/c1-3-40-26-16-12-24(13-17-26)33-30(38)22-6-10-23(11-7-22)32-28(37)20-42-31-35-34-29(21-8-14-25(39-2)15-9-21)36(31)19-27-5-4-18-41-27/h6-17,27H,3-5,18-20H2,1-2H3,(H,32,37)(H,33,38). The molecule has 1 fully saturated rings. The van der Waals surface area contributed by atoms with E-state index in [9.17, 15) is 9.59 Å². The number of carbonyl (C=O) groups excluding carboxylic acids is 2. The molecule has 3 aromatic carbocycles. The summed E-state index contributed by atoms with van der Waals surface area (Å²) in [6, 6.07) is 21.6. The Morgan fingerprint density at radius 2 is 1.64 bits per heavy atom. The summed E-state index contributed by atoms with van der Waals surface area (Å²) >= 11 is 1.32. The van der Waals surface area contributed by atoms with Crippen molar-refractivity contribution in [3.05, 3.63) is 78.4 Å². The average molecular weight is 588 g/mol. The van der Waals surface area contributed by atoms with Crippen molar-refractivity contribution in [3.63, 3.8) is 0 Å². The fourth-order valence-electron chi connectivity index (χ4n) is 4.54. The van der Waals surface area contributed by atoms with E-state index < -0.39 is 0 Å². The van der Waals surface area contributed by atoms with E-state index in [2.05, 4.69) is 20.8 Å². The first-order valence-electron chi connectivity index (χ1n) is 13.8. The molecule has 2 amide bonds. The molecule has 1 aliphatic rings. The lowest BCUT2D eigenvalue weighted by molar-refractivity contribution is -0.113. The smallest absolute Gasteiger partial charge is 0.255 e. The summed E-state index contributed by atoms with van der Waals surface area (Å²) in [6.07, 6.45) is 2.08. The van der Waals surface area contributed by atoms with Crippen molar-refractivity contribution in [1.82, 2.24) is 14.8 Å². The molecule has 0 spiro atoms. The molecule has 2 N–H and O–H groups in total. The van der Waals surface area contributed by atoms with E-state index in [1.807, 2.05) is 35.8 Å². The minimum atomic E-state index is -0.245. The lowest BCUT2D eigenvalue weighted by atomic mass is 10.2. The summed E-state index contributed by atoms with van der Waals surface area (Å²) in [5.74, 6) is 1.93. The third-order valence-electron chi connectivity index (χ3n) is 6.66. The molecule has 11 heteroatoms. The Morgan fingerprint density at radius 3 is 2.31 bits per heavy atom. The number of hydrogen-bond acceptors (Lipinski definition) is 8. The van der Waals surface area contributed by atoms with Crippen LogP contribution < -0.4 is 20.1 Å². The highest BCUT2D eigenvalue weighted by Crippen LogP contribution is 2.28. The number of nitrogens with zero attached hydrogens (tertiary/aromatic N) is 3. The van der Waals surface area contributed by atoms with Crippen LogP contribution in [0, 0.1) is 0 Å². The number of anilines is 2. The van der Waals surface area contributed by atoms with E-state index in [0.29, 0.717) is 35.2 Å². The van der Waals surface area contributed by atoms with Crippen molar-refractivity contribution < 1.29 is 23.8 Å². The summed E-state index contributed by atoms with van der Waals surface area (Å²) in [6.45, 7) is 3.85. The number of ether oxygens (including phenoxy) is 3. The van der Waals surface area contributed by atoms with Gasteiger partial charge in [-0.05, 0) is 92.6 Å². The van der Waals surface area contributed by atoms with E-state index in [1.165, 1.54) is 11.8 Å². The van der Waals surface area contributed by atoms with Crippen LogP contribution in [0.15, 0.2) is 78.0 Å². The molecular weight excluding hydrogens is 554 g/mol. The van der Waals surface area contributed by atoms with Crippen molar-refractivity contribution in [3.8, 4) is 22.9 Å². The van der Waals surface area contributed by atoms with E-state index >= 15 is 0 Å². The van der Waals surface area contributed by atoms with Gasteiger partial charge in [-0.3, -0.25) is 14.2 Å². The topological polar surface area (TPSA) is 117 Å². The van der Waals surface area contributed by atoms with Gasteiger partial charge in [-0.15, -0.1) is 10.2 Å². The zero-order valence-electron chi connectivity index (χ0n) is 23.5. The van der Waals surface area contributed by atoms with Crippen LogP contribution in [0.25, 0.3) is 11.4 Å². The highest BCUT2D eigenvalue weighted by Gasteiger charge is 2.22. The lowest BCUT2D eigenvalue weighted by Gasteiger charge is -2.15. The van der Waals surface area contributed by atoms with Crippen LogP contribution in [0.1, 0.15) is 30.1 Å². The molecule has 4 aromatic rings. The van der Waals surface area contributed by atoms with Crippen LogP contribution in [-0.2, 0) is 16.1 Å². The number of nitrogens with one attached hydrogen (secondary N) is 2. The maximum absolute atomic E-state index is 12.8. The van der Waals surface area contributed by atoms with Crippen LogP contribution in [0.2, 0.25) is 0 Å². The highest BCUT2D eigenvalue weighted by atomic mass is 32.2. The van der Waals surface area contributed by atoms with Crippen LogP contribution in [-0.4, -0.2) is 58.8 Å². The molecular formula is C31H33N5O5S. The van der Waals surface area contributed by atoms with Crippen molar-refractivity contribution >= 4 is 35.0 Å². The lowest BCUT2D eigenvalue weighted by Crippen LogP contribution is -2.18. The van der Waals surface area contributed by atoms with E-state index in [-0.39, 0.29) is 23.7 Å². The number of rotatable bonds is 12. The molecule has 10 nitrogen and oxygen atoms in total. The number of benzene rings is 3. The third kappa shape index (κ3) is 7.48. The summed E-state index contributed by atoms with van der Waals surface area (Å²) in [7, 11) is 1.63. The zero-order valence-corrected chi connectivity index (χ0v) is 24.4. The molecule has 42 heavy (non-hydrogen) atoms. The Kier molecular flexibility index (Phi) is 9.73. The quantitative estimate of drug-likeness (QED) is 0.208. The molecule has 1 atom stereocenters. The first-order valence-corrected chi connectivity index (χ1v) is 14.8. The van der Waals surface area contributed by atoms with Crippen LogP contribution >= 0.6 is 11.8 Å². The second-order valence-electron chi connectivity index (χ2n) is 9.61. The monoisotopic (exact) mass is 587 g/mol. The molecule has 2 heterocycles. The maximum Gasteiger partial charge on any atom is 0.255 e. The van der Waals surface area contributed by atoms with E-state index in [1.54, 1.807) is 55.6 Å². The van der Waals surface area contributed by atoms with Crippen LogP contribution in [0.4, 0.5) is 11.4 Å². The van der Waals surface area contributed by atoms with Crippen molar-refractivity contribution in [1.29, 1.82) is 0 Å². The van der Waals surface area contributed by atoms with Gasteiger partial charge in [0.2, 0.25) is 5.91 Å². The molecule has 1 aliphatic heterocycles. The van der Waals surface area contributed by atoms with Gasteiger partial charge >= 0.3 is 0 Å². The molecule has 218 valence electrons. The largest absolute Gasteiger partial charge is 0.497 e. The number of carbonyl (C=O) groups is 2. The van der Waals surface area contributed by atoms with Crippen molar-refractivity contribution in [2.24, 2.45) is 0 Å². The van der Waals surface area contributed by atoms with Crippen molar-refractivity contribution in [2.75, 3.05) is 36.7 Å². The van der Waals surface area contributed by atoms with Crippen LogP contribution in [0.3, 0.4) is 0 Å². The first kappa shape index (κ1) is 29.2. The second kappa shape index (κ2) is 14.0. The summed E-state index contributed by atoms with van der Waals surface area (Å²) in [5, 5.41) is 15.2. The SMILES string of the molecule is CCOc1ccc(NC(=O)c2ccc(NC(=O)CSc3nnc(-c4ccc(OC)cc4)n3CC3CCCO3)cc2)cc1. The second-order valence-corrected chi connectivity index (χ2v) is 10.5. The van der Waals surface area contributed by atoms with Gasteiger partial charge in [-0.2, -0.15) is 0 Å². The van der Waals surface area contributed by atoms with E-state index in [0.717, 1.165) is 42.3 Å². The Morgan fingerprint density at radius 1 is 0.952 bits per heavy atom. The van der Waals surface area contributed by atoms with Gasteiger partial charge in [0.1, 0.15) is 11.5 Å². The summed E-state index contributed by atoms with van der Waals surface area (Å²) in [4.78, 5) is 25.5. The first-order chi connectivity index (χ1) is 20.5. The Balaban J connectivity index is 1.19. The predicted molar refractivity (Wildman–Crippen MR) is 162 cm³/mol. The molecule has 0 radical (unpaired) electrons. The summed E-state index contributed by atoms with van der Waals surface area (Å²) < 4.78 is 18.6. The number of aromatic nitrogens is 3. The fourth-order valence-corrected chi connectivity index (χ4v) is 5.29. The molecule has 1 aromatic heterocycles.